The van der Waals surface area contributed by atoms with Crippen LogP contribution < -0.4 is 4.72 Å². The molecule has 0 unspecified atom stereocenters. The first-order valence-corrected chi connectivity index (χ1v) is 6.71. The zero-order valence-electron chi connectivity index (χ0n) is 9.70. The maximum atomic E-state index is 13.4. The van der Waals surface area contributed by atoms with Crippen LogP contribution in [0.2, 0.25) is 0 Å². The topological polar surface area (TPSA) is 46.2 Å². The highest BCUT2D eigenvalue weighted by molar-refractivity contribution is 7.92. The standard InChI is InChI=1S/C12H7F4NO2S/c13-7-5-9(15)12(10(16)6-7)17-20(18,19)11-4-2-1-3-8(11)14/h1-6,17H. The molecule has 0 atom stereocenters. The molecule has 20 heavy (non-hydrogen) atoms. The molecule has 2 rings (SSSR count). The summed E-state index contributed by atoms with van der Waals surface area (Å²) in [5.74, 6) is -5.17. The lowest BCUT2D eigenvalue weighted by Crippen LogP contribution is -2.16. The number of anilines is 1. The van der Waals surface area contributed by atoms with Gasteiger partial charge in [-0.05, 0) is 12.1 Å². The van der Waals surface area contributed by atoms with Gasteiger partial charge in [0.05, 0.1) is 0 Å². The number of sulfonamides is 1. The van der Waals surface area contributed by atoms with E-state index in [9.17, 15) is 26.0 Å². The monoisotopic (exact) mass is 305 g/mol. The van der Waals surface area contributed by atoms with Crippen LogP contribution in [0, 0.1) is 23.3 Å². The van der Waals surface area contributed by atoms with Crippen molar-refractivity contribution in [2.45, 2.75) is 4.90 Å². The van der Waals surface area contributed by atoms with Crippen molar-refractivity contribution in [2.24, 2.45) is 0 Å². The molecule has 2 aromatic rings. The van der Waals surface area contributed by atoms with Crippen LogP contribution in [0.5, 0.6) is 0 Å². The lowest BCUT2D eigenvalue weighted by atomic mass is 10.3. The van der Waals surface area contributed by atoms with Gasteiger partial charge >= 0.3 is 0 Å². The third-order valence-electron chi connectivity index (χ3n) is 2.37. The molecule has 0 radical (unpaired) electrons. The van der Waals surface area contributed by atoms with Crippen molar-refractivity contribution in [3.63, 3.8) is 0 Å². The second-order valence-electron chi connectivity index (χ2n) is 3.78. The molecule has 0 aromatic heterocycles. The maximum absolute atomic E-state index is 13.4. The van der Waals surface area contributed by atoms with Crippen LogP contribution in [0.15, 0.2) is 41.3 Å². The summed E-state index contributed by atoms with van der Waals surface area (Å²) in [6, 6.07) is 4.93. The van der Waals surface area contributed by atoms with Crippen LogP contribution in [0.25, 0.3) is 0 Å². The summed E-state index contributed by atoms with van der Waals surface area (Å²) < 4.78 is 78.0. The number of benzene rings is 2. The number of hydrogen-bond acceptors (Lipinski definition) is 2. The van der Waals surface area contributed by atoms with E-state index in [2.05, 4.69) is 0 Å². The molecule has 1 N–H and O–H groups in total. The number of rotatable bonds is 3. The first kappa shape index (κ1) is 14.3. The van der Waals surface area contributed by atoms with E-state index >= 15 is 0 Å². The minimum absolute atomic E-state index is 0.308. The third-order valence-corrected chi connectivity index (χ3v) is 3.75. The van der Waals surface area contributed by atoms with Crippen molar-refractivity contribution in [3.8, 4) is 0 Å². The summed E-state index contributed by atoms with van der Waals surface area (Å²) >= 11 is 0. The van der Waals surface area contributed by atoms with Gasteiger partial charge in [0.15, 0.2) is 11.6 Å². The molecule has 0 bridgehead atoms. The van der Waals surface area contributed by atoms with Gasteiger partial charge in [-0.25, -0.2) is 26.0 Å². The zero-order valence-corrected chi connectivity index (χ0v) is 10.5. The summed E-state index contributed by atoms with van der Waals surface area (Å²) in [7, 11) is -4.53. The van der Waals surface area contributed by atoms with E-state index in [1.54, 1.807) is 4.72 Å². The van der Waals surface area contributed by atoms with Crippen molar-refractivity contribution in [1.82, 2.24) is 0 Å². The van der Waals surface area contributed by atoms with Gasteiger partial charge in [-0.2, -0.15) is 0 Å². The normalized spacial score (nSPS) is 11.4. The Morgan fingerprint density at radius 3 is 1.95 bits per heavy atom. The summed E-state index contributed by atoms with van der Waals surface area (Å²) in [6.45, 7) is 0. The molecule has 0 saturated carbocycles. The average molecular weight is 305 g/mol. The molecule has 0 heterocycles. The van der Waals surface area contributed by atoms with Gasteiger partial charge in [-0.3, -0.25) is 4.72 Å². The first-order chi connectivity index (χ1) is 9.31. The summed E-state index contributed by atoms with van der Waals surface area (Å²) in [6.07, 6.45) is 0. The molecule has 0 aliphatic heterocycles. The molecule has 0 fully saturated rings. The average Bonchev–Trinajstić information content (AvgIpc) is 2.34. The van der Waals surface area contributed by atoms with Crippen LogP contribution in [0.1, 0.15) is 0 Å². The van der Waals surface area contributed by atoms with Gasteiger partial charge in [0.1, 0.15) is 22.2 Å². The smallest absolute Gasteiger partial charge is 0.264 e. The predicted molar refractivity (Wildman–Crippen MR) is 63.5 cm³/mol. The van der Waals surface area contributed by atoms with Crippen LogP contribution in [0.3, 0.4) is 0 Å². The SMILES string of the molecule is O=S(=O)(Nc1c(F)cc(F)cc1F)c1ccccc1F. The van der Waals surface area contributed by atoms with Crippen LogP contribution in [0.4, 0.5) is 23.2 Å². The van der Waals surface area contributed by atoms with Gasteiger partial charge in [0, 0.05) is 12.1 Å². The number of halogens is 4. The zero-order chi connectivity index (χ0) is 14.9. The van der Waals surface area contributed by atoms with Crippen molar-refractivity contribution < 1.29 is 26.0 Å². The van der Waals surface area contributed by atoms with Gasteiger partial charge in [-0.15, -0.1) is 0 Å². The number of nitrogens with one attached hydrogen (secondary N) is 1. The Bertz CT molecular complexity index is 739. The largest absolute Gasteiger partial charge is 0.274 e. The van der Waals surface area contributed by atoms with E-state index in [1.165, 1.54) is 12.1 Å². The van der Waals surface area contributed by atoms with Gasteiger partial charge in [0.25, 0.3) is 10.0 Å². The van der Waals surface area contributed by atoms with E-state index in [0.717, 1.165) is 12.1 Å². The van der Waals surface area contributed by atoms with Crippen molar-refractivity contribution in [3.05, 3.63) is 59.7 Å². The fourth-order valence-electron chi connectivity index (χ4n) is 1.49. The number of hydrogen-bond donors (Lipinski definition) is 1. The van der Waals surface area contributed by atoms with Crippen LogP contribution in [-0.4, -0.2) is 8.42 Å². The summed E-state index contributed by atoms with van der Waals surface area (Å²) in [5, 5.41) is 0. The molecular formula is C12H7F4NO2S. The Balaban J connectivity index is 2.47. The van der Waals surface area contributed by atoms with E-state index in [4.69, 9.17) is 0 Å². The highest BCUT2D eigenvalue weighted by Crippen LogP contribution is 2.24. The van der Waals surface area contributed by atoms with Crippen molar-refractivity contribution in [1.29, 1.82) is 0 Å². The molecular weight excluding hydrogens is 298 g/mol. The molecule has 106 valence electrons. The lowest BCUT2D eigenvalue weighted by Gasteiger charge is -2.10. The highest BCUT2D eigenvalue weighted by atomic mass is 32.2. The molecule has 8 heteroatoms. The van der Waals surface area contributed by atoms with E-state index < -0.39 is 43.9 Å². The van der Waals surface area contributed by atoms with E-state index in [1.807, 2.05) is 0 Å². The molecule has 3 nitrogen and oxygen atoms in total. The first-order valence-electron chi connectivity index (χ1n) is 5.23. The molecule has 0 saturated heterocycles. The lowest BCUT2D eigenvalue weighted by molar-refractivity contribution is 0.545. The van der Waals surface area contributed by atoms with Gasteiger partial charge in [0.2, 0.25) is 0 Å². The fraction of sp³-hybridized carbons (Fsp3) is 0. The molecule has 2 aromatic carbocycles. The fourth-order valence-corrected chi connectivity index (χ4v) is 2.65. The van der Waals surface area contributed by atoms with Gasteiger partial charge < -0.3 is 0 Å². The Labute approximate surface area is 111 Å². The predicted octanol–water partition coefficient (Wildman–Crippen LogP) is 3.04. The quantitative estimate of drug-likeness (QED) is 0.886. The molecule has 0 aliphatic rings. The van der Waals surface area contributed by atoms with Gasteiger partial charge in [-0.1, -0.05) is 12.1 Å². The Hall–Kier alpha value is -2.09. The van der Waals surface area contributed by atoms with Crippen molar-refractivity contribution >= 4 is 15.7 Å². The van der Waals surface area contributed by atoms with E-state index in [-0.39, 0.29) is 0 Å². The Morgan fingerprint density at radius 1 is 0.850 bits per heavy atom. The molecule has 0 amide bonds. The van der Waals surface area contributed by atoms with E-state index in [0.29, 0.717) is 12.1 Å². The minimum atomic E-state index is -4.53. The Morgan fingerprint density at radius 2 is 1.40 bits per heavy atom. The summed E-state index contributed by atoms with van der Waals surface area (Å²) in [4.78, 5) is -0.775. The molecule has 0 aliphatic carbocycles. The van der Waals surface area contributed by atoms with Crippen LogP contribution >= 0.6 is 0 Å². The molecule has 0 spiro atoms. The minimum Gasteiger partial charge on any atom is -0.274 e. The second kappa shape index (κ2) is 5.12. The van der Waals surface area contributed by atoms with Crippen molar-refractivity contribution in [2.75, 3.05) is 4.72 Å². The summed E-state index contributed by atoms with van der Waals surface area (Å²) in [5.41, 5.74) is -1.07. The Kier molecular flexibility index (Phi) is 3.67. The second-order valence-corrected chi connectivity index (χ2v) is 5.43. The van der Waals surface area contributed by atoms with Crippen LogP contribution in [-0.2, 0) is 10.0 Å². The maximum Gasteiger partial charge on any atom is 0.264 e. The highest BCUT2D eigenvalue weighted by Gasteiger charge is 2.22. The third kappa shape index (κ3) is 2.74.